The van der Waals surface area contributed by atoms with Gasteiger partial charge in [-0.15, -0.1) is 10.2 Å². The van der Waals surface area contributed by atoms with Crippen LogP contribution in [0, 0.1) is 11.3 Å². The van der Waals surface area contributed by atoms with Crippen molar-refractivity contribution in [2.45, 2.75) is 25.9 Å². The highest BCUT2D eigenvalue weighted by molar-refractivity contribution is 5.54. The van der Waals surface area contributed by atoms with Gasteiger partial charge in [0.25, 0.3) is 6.47 Å². The zero-order valence-corrected chi connectivity index (χ0v) is 15.4. The van der Waals surface area contributed by atoms with E-state index in [2.05, 4.69) is 49.8 Å². The van der Waals surface area contributed by atoms with Gasteiger partial charge in [0.15, 0.2) is 5.82 Å². The van der Waals surface area contributed by atoms with Crippen LogP contribution in [0.2, 0.25) is 0 Å². The van der Waals surface area contributed by atoms with E-state index in [1.54, 1.807) is 18.3 Å². The number of carboxylic acid groups (broad SMARTS) is 1. The normalized spacial score (nSPS) is 15.0. The van der Waals surface area contributed by atoms with Crippen molar-refractivity contribution in [3.63, 3.8) is 0 Å². The first-order valence-corrected chi connectivity index (χ1v) is 8.82. The average molecular weight is 376 g/mol. The lowest BCUT2D eigenvalue weighted by Gasteiger charge is -2.33. The van der Waals surface area contributed by atoms with Gasteiger partial charge in [-0.3, -0.25) is 4.79 Å². The molecule has 28 heavy (non-hydrogen) atoms. The fourth-order valence-corrected chi connectivity index (χ4v) is 3.41. The second kappa shape index (κ2) is 8.77. The Labute approximate surface area is 162 Å². The molecule has 1 aliphatic rings. The molecular weight excluding hydrogens is 356 g/mol. The molecule has 3 heterocycles. The van der Waals surface area contributed by atoms with Crippen LogP contribution in [-0.2, 0) is 17.8 Å². The lowest BCUT2D eigenvalue weighted by atomic mass is 10.1. The molecule has 0 bridgehead atoms. The predicted octanol–water partition coefficient (Wildman–Crippen LogP) is 2.42. The standard InChI is InChI=1S/C19H18N6.CH2O2/c1-14-12-24(19-16(11-20)8-5-9-21-19)13-18-23-22-17(25(14)18)10-15-6-3-2-4-7-15;2-1-3/h2-9,14H,10,12-13H2,1H3;1H,(H,2,3)/t14-;/m0./s1. The molecule has 0 spiro atoms. The fraction of sp³-hybridized carbons (Fsp3) is 0.250. The number of rotatable bonds is 3. The second-order valence-corrected chi connectivity index (χ2v) is 6.39. The molecule has 4 rings (SSSR count). The number of hydrogen-bond donors (Lipinski definition) is 1. The summed E-state index contributed by atoms with van der Waals surface area (Å²) in [6.45, 7) is 3.29. The van der Waals surface area contributed by atoms with Crippen LogP contribution in [0.4, 0.5) is 5.82 Å². The summed E-state index contributed by atoms with van der Waals surface area (Å²) in [4.78, 5) is 14.9. The van der Waals surface area contributed by atoms with E-state index in [0.717, 1.165) is 30.4 Å². The summed E-state index contributed by atoms with van der Waals surface area (Å²) in [6.07, 6.45) is 2.49. The Kier molecular flexibility index (Phi) is 5.97. The maximum atomic E-state index is 9.33. The minimum absolute atomic E-state index is 0.214. The Hall–Kier alpha value is -3.73. The monoisotopic (exact) mass is 376 g/mol. The van der Waals surface area contributed by atoms with E-state index in [1.807, 2.05) is 18.2 Å². The number of hydrogen-bond acceptors (Lipinski definition) is 6. The predicted molar refractivity (Wildman–Crippen MR) is 103 cm³/mol. The lowest BCUT2D eigenvalue weighted by Crippen LogP contribution is -2.37. The van der Waals surface area contributed by atoms with Gasteiger partial charge in [0.1, 0.15) is 17.7 Å². The third-order valence-corrected chi connectivity index (χ3v) is 4.51. The largest absolute Gasteiger partial charge is 0.483 e. The summed E-state index contributed by atoms with van der Waals surface area (Å²) in [5.41, 5.74) is 1.82. The third-order valence-electron chi connectivity index (χ3n) is 4.51. The molecule has 0 saturated heterocycles. The van der Waals surface area contributed by atoms with E-state index < -0.39 is 0 Å². The number of fused-ring (bicyclic) bond motifs is 1. The van der Waals surface area contributed by atoms with Gasteiger partial charge in [-0.2, -0.15) is 5.26 Å². The quantitative estimate of drug-likeness (QED) is 0.699. The molecule has 8 nitrogen and oxygen atoms in total. The molecule has 1 atom stereocenters. The molecule has 0 fully saturated rings. The smallest absolute Gasteiger partial charge is 0.290 e. The number of aromatic nitrogens is 4. The van der Waals surface area contributed by atoms with E-state index >= 15 is 0 Å². The molecule has 3 aromatic rings. The van der Waals surface area contributed by atoms with Crippen LogP contribution in [0.1, 0.15) is 35.7 Å². The van der Waals surface area contributed by atoms with E-state index in [4.69, 9.17) is 9.90 Å². The van der Waals surface area contributed by atoms with Crippen molar-refractivity contribution in [1.29, 1.82) is 5.26 Å². The molecule has 142 valence electrons. The number of pyridine rings is 1. The van der Waals surface area contributed by atoms with Gasteiger partial charge in [-0.25, -0.2) is 4.98 Å². The average Bonchev–Trinajstić information content (AvgIpc) is 3.12. The van der Waals surface area contributed by atoms with Gasteiger partial charge in [0, 0.05) is 19.2 Å². The van der Waals surface area contributed by atoms with Gasteiger partial charge >= 0.3 is 0 Å². The molecule has 1 aromatic carbocycles. The Morgan fingerprint density at radius 1 is 1.25 bits per heavy atom. The molecule has 0 aliphatic carbocycles. The highest BCUT2D eigenvalue weighted by atomic mass is 16.3. The summed E-state index contributed by atoms with van der Waals surface area (Å²) in [5.74, 6) is 2.62. The van der Waals surface area contributed by atoms with Crippen LogP contribution in [-0.4, -0.2) is 37.9 Å². The number of carbonyl (C=O) groups is 1. The topological polar surface area (TPSA) is 108 Å². The van der Waals surface area contributed by atoms with Crippen LogP contribution in [0.5, 0.6) is 0 Å². The van der Waals surface area contributed by atoms with Crippen LogP contribution in [0.3, 0.4) is 0 Å². The molecular formula is C20H20N6O2. The van der Waals surface area contributed by atoms with Crippen molar-refractivity contribution < 1.29 is 9.90 Å². The molecule has 0 radical (unpaired) electrons. The summed E-state index contributed by atoms with van der Waals surface area (Å²) in [5, 5.41) is 25.0. The molecule has 8 heteroatoms. The van der Waals surface area contributed by atoms with Gasteiger partial charge in [-0.05, 0) is 24.6 Å². The van der Waals surface area contributed by atoms with Crippen molar-refractivity contribution in [2.75, 3.05) is 11.4 Å². The summed E-state index contributed by atoms with van der Waals surface area (Å²) in [7, 11) is 0. The zero-order valence-electron chi connectivity index (χ0n) is 15.4. The number of benzene rings is 1. The van der Waals surface area contributed by atoms with E-state index in [0.29, 0.717) is 12.1 Å². The van der Waals surface area contributed by atoms with E-state index in [1.165, 1.54) is 5.56 Å². The zero-order chi connectivity index (χ0) is 19.9. The summed E-state index contributed by atoms with van der Waals surface area (Å²) in [6, 6.07) is 16.3. The molecule has 2 aromatic heterocycles. The maximum Gasteiger partial charge on any atom is 0.290 e. The van der Waals surface area contributed by atoms with Crippen LogP contribution in [0.25, 0.3) is 0 Å². The first-order valence-electron chi connectivity index (χ1n) is 8.82. The van der Waals surface area contributed by atoms with Crippen molar-refractivity contribution in [3.8, 4) is 6.07 Å². The minimum atomic E-state index is -0.250. The van der Waals surface area contributed by atoms with Crippen molar-refractivity contribution in [1.82, 2.24) is 19.7 Å². The molecule has 1 N–H and O–H groups in total. The van der Waals surface area contributed by atoms with Crippen LogP contribution < -0.4 is 4.90 Å². The Morgan fingerprint density at radius 3 is 2.71 bits per heavy atom. The summed E-state index contributed by atoms with van der Waals surface area (Å²) >= 11 is 0. The highest BCUT2D eigenvalue weighted by Gasteiger charge is 2.28. The van der Waals surface area contributed by atoms with E-state index in [-0.39, 0.29) is 12.5 Å². The van der Waals surface area contributed by atoms with Gasteiger partial charge in [0.05, 0.1) is 18.2 Å². The molecule has 1 aliphatic heterocycles. The maximum absolute atomic E-state index is 9.33. The molecule has 0 amide bonds. The Morgan fingerprint density at radius 2 is 2.00 bits per heavy atom. The van der Waals surface area contributed by atoms with Gasteiger partial charge in [0.2, 0.25) is 0 Å². The second-order valence-electron chi connectivity index (χ2n) is 6.39. The Balaban J connectivity index is 0.000000706. The minimum Gasteiger partial charge on any atom is -0.483 e. The third kappa shape index (κ3) is 3.99. The van der Waals surface area contributed by atoms with Crippen molar-refractivity contribution >= 4 is 12.3 Å². The highest BCUT2D eigenvalue weighted by Crippen LogP contribution is 2.27. The van der Waals surface area contributed by atoms with Crippen molar-refractivity contribution in [3.05, 3.63) is 71.4 Å². The van der Waals surface area contributed by atoms with Crippen molar-refractivity contribution in [2.24, 2.45) is 0 Å². The number of anilines is 1. The lowest BCUT2D eigenvalue weighted by molar-refractivity contribution is -0.122. The molecule has 0 unspecified atom stereocenters. The number of nitriles is 1. The first-order chi connectivity index (χ1) is 13.7. The summed E-state index contributed by atoms with van der Waals surface area (Å²) < 4.78 is 2.22. The molecule has 0 saturated carbocycles. The van der Waals surface area contributed by atoms with Gasteiger partial charge < -0.3 is 14.6 Å². The Bertz CT molecular complexity index is 980. The fourth-order valence-electron chi connectivity index (χ4n) is 3.41. The van der Waals surface area contributed by atoms with Crippen LogP contribution in [0.15, 0.2) is 48.7 Å². The van der Waals surface area contributed by atoms with E-state index in [9.17, 15) is 5.26 Å². The van der Waals surface area contributed by atoms with Crippen LogP contribution >= 0.6 is 0 Å². The first kappa shape index (κ1) is 19.0. The SMILES string of the molecule is C[C@H]1CN(c2ncccc2C#N)Cc2nnc(Cc3ccccc3)n21.O=CO. The van der Waals surface area contributed by atoms with Gasteiger partial charge in [-0.1, -0.05) is 30.3 Å². The number of nitrogens with zero attached hydrogens (tertiary/aromatic N) is 6.